The maximum Gasteiger partial charge on any atom is 0.337 e. The third-order valence-electron chi connectivity index (χ3n) is 2.99. The Kier molecular flexibility index (Phi) is 5.28. The van der Waals surface area contributed by atoms with E-state index in [9.17, 15) is 13.2 Å². The molecule has 5 nitrogen and oxygen atoms in total. The molecule has 0 saturated heterocycles. The molecule has 0 N–H and O–H groups in total. The van der Waals surface area contributed by atoms with Crippen LogP contribution in [-0.4, -0.2) is 21.5 Å². The van der Waals surface area contributed by atoms with Crippen molar-refractivity contribution >= 4 is 27.7 Å². The number of methoxy groups -OCH3 is 1. The third-order valence-corrected chi connectivity index (χ3v) is 4.43. The number of benzene rings is 2. The maximum absolute atomic E-state index is 12.2. The van der Waals surface area contributed by atoms with E-state index in [-0.39, 0.29) is 22.1 Å². The van der Waals surface area contributed by atoms with E-state index in [1.54, 1.807) is 43.3 Å². The van der Waals surface area contributed by atoms with Crippen molar-refractivity contribution in [1.29, 1.82) is 0 Å². The molecule has 0 atom stereocenters. The first-order valence-electron chi connectivity index (χ1n) is 6.66. The Bertz CT molecular complexity index is 830. The molecule has 0 fully saturated rings. The smallest absolute Gasteiger partial charge is 0.337 e. The number of rotatable bonds is 5. The zero-order valence-corrected chi connectivity index (χ0v) is 14.1. The first-order chi connectivity index (χ1) is 10.8. The molecule has 7 heteroatoms. The lowest BCUT2D eigenvalue weighted by Crippen LogP contribution is -2.13. The van der Waals surface area contributed by atoms with E-state index < -0.39 is 16.1 Å². The lowest BCUT2D eigenvalue weighted by molar-refractivity contribution is 0.0600. The Labute approximate surface area is 139 Å². The molecule has 0 radical (unpaired) electrons. The molecule has 0 saturated carbocycles. The van der Waals surface area contributed by atoms with Gasteiger partial charge in [-0.15, -0.1) is 0 Å². The van der Waals surface area contributed by atoms with Crippen LogP contribution in [0.25, 0.3) is 0 Å². The minimum Gasteiger partial charge on any atom is -0.465 e. The van der Waals surface area contributed by atoms with Gasteiger partial charge in [0.05, 0.1) is 17.7 Å². The molecule has 0 spiro atoms. The van der Waals surface area contributed by atoms with Crippen LogP contribution in [0.4, 0.5) is 0 Å². The highest BCUT2D eigenvalue weighted by Gasteiger charge is 2.17. The summed E-state index contributed by atoms with van der Waals surface area (Å²) in [5, 5.41) is 0.211. The van der Waals surface area contributed by atoms with Crippen LogP contribution in [0.3, 0.4) is 0 Å². The average Bonchev–Trinajstić information content (AvgIpc) is 2.49. The minimum atomic E-state index is -3.91. The third kappa shape index (κ3) is 4.71. The molecule has 0 aromatic heterocycles. The largest absolute Gasteiger partial charge is 0.465 e. The van der Waals surface area contributed by atoms with Crippen molar-refractivity contribution in [3.05, 3.63) is 64.2 Å². The first-order valence-corrected chi connectivity index (χ1v) is 8.62. The maximum atomic E-state index is 12.2. The summed E-state index contributed by atoms with van der Waals surface area (Å²) in [6, 6.07) is 11.0. The highest BCUT2D eigenvalue weighted by atomic mass is 35.5. The van der Waals surface area contributed by atoms with E-state index >= 15 is 0 Å². The zero-order chi connectivity index (χ0) is 17.0. The van der Waals surface area contributed by atoms with Gasteiger partial charge in [-0.3, -0.25) is 0 Å². The molecule has 2 aromatic carbocycles. The Morgan fingerprint density at radius 1 is 1.17 bits per heavy atom. The first kappa shape index (κ1) is 17.3. The second-order valence-corrected chi connectivity index (χ2v) is 6.89. The fraction of sp³-hybridized carbons (Fsp3) is 0.188. The van der Waals surface area contributed by atoms with Crippen LogP contribution >= 0.6 is 11.6 Å². The van der Waals surface area contributed by atoms with Crippen LogP contribution in [0.2, 0.25) is 5.02 Å². The molecule has 23 heavy (non-hydrogen) atoms. The van der Waals surface area contributed by atoms with Gasteiger partial charge in [0.15, 0.2) is 5.75 Å². The highest BCUT2D eigenvalue weighted by molar-refractivity contribution is 7.86. The van der Waals surface area contributed by atoms with E-state index in [2.05, 4.69) is 4.74 Å². The molecule has 0 bridgehead atoms. The van der Waals surface area contributed by atoms with Gasteiger partial charge in [0.25, 0.3) is 0 Å². The van der Waals surface area contributed by atoms with Gasteiger partial charge in [-0.2, -0.15) is 8.42 Å². The molecule has 2 rings (SSSR count). The van der Waals surface area contributed by atoms with Gasteiger partial charge in [0.2, 0.25) is 0 Å². The van der Waals surface area contributed by atoms with Crippen molar-refractivity contribution in [1.82, 2.24) is 0 Å². The van der Waals surface area contributed by atoms with Gasteiger partial charge in [0.1, 0.15) is 5.75 Å². The summed E-state index contributed by atoms with van der Waals surface area (Å²) in [5.41, 5.74) is 1.51. The lowest BCUT2D eigenvalue weighted by Gasteiger charge is -2.10. The Morgan fingerprint density at radius 2 is 1.91 bits per heavy atom. The minimum absolute atomic E-state index is 0.0794. The molecule has 0 aliphatic heterocycles. The van der Waals surface area contributed by atoms with Crippen LogP contribution in [-0.2, 0) is 20.6 Å². The molecule has 0 heterocycles. The van der Waals surface area contributed by atoms with E-state index in [0.717, 1.165) is 5.56 Å². The van der Waals surface area contributed by atoms with Gasteiger partial charge < -0.3 is 8.92 Å². The lowest BCUT2D eigenvalue weighted by atomic mass is 10.1. The second-order valence-electron chi connectivity index (χ2n) is 4.91. The van der Waals surface area contributed by atoms with E-state index in [1.165, 1.54) is 13.2 Å². The Morgan fingerprint density at radius 3 is 2.61 bits per heavy atom. The van der Waals surface area contributed by atoms with Crippen LogP contribution in [0.1, 0.15) is 21.5 Å². The quantitative estimate of drug-likeness (QED) is 0.608. The van der Waals surface area contributed by atoms with Crippen molar-refractivity contribution in [2.24, 2.45) is 0 Å². The number of carbonyl (C=O) groups is 1. The standard InChI is InChI=1S/C16H15ClO5S/c1-11-6-7-14(17)15(8-11)22-23(19,20)10-12-4-3-5-13(9-12)16(18)21-2/h3-9H,10H2,1-2H3. The Hall–Kier alpha value is -2.05. The second kappa shape index (κ2) is 7.02. The molecule has 2 aromatic rings. The van der Waals surface area contributed by atoms with E-state index in [4.69, 9.17) is 15.8 Å². The van der Waals surface area contributed by atoms with Crippen LogP contribution in [0.5, 0.6) is 5.75 Å². The van der Waals surface area contributed by atoms with Crippen molar-refractivity contribution in [2.45, 2.75) is 12.7 Å². The monoisotopic (exact) mass is 354 g/mol. The van der Waals surface area contributed by atoms with Crippen molar-refractivity contribution < 1.29 is 22.1 Å². The zero-order valence-electron chi connectivity index (χ0n) is 12.6. The van der Waals surface area contributed by atoms with E-state index in [0.29, 0.717) is 5.56 Å². The predicted octanol–water partition coefficient (Wildman–Crippen LogP) is 3.34. The fourth-order valence-corrected chi connectivity index (χ4v) is 3.21. The van der Waals surface area contributed by atoms with Gasteiger partial charge in [0, 0.05) is 0 Å². The van der Waals surface area contributed by atoms with Crippen molar-refractivity contribution in [3.63, 3.8) is 0 Å². The molecular weight excluding hydrogens is 340 g/mol. The number of ether oxygens (including phenoxy) is 1. The fourth-order valence-electron chi connectivity index (χ4n) is 1.95. The highest BCUT2D eigenvalue weighted by Crippen LogP contribution is 2.27. The number of carbonyl (C=O) groups excluding carboxylic acids is 1. The SMILES string of the molecule is COC(=O)c1cccc(CS(=O)(=O)Oc2cc(C)ccc2Cl)c1. The average molecular weight is 355 g/mol. The van der Waals surface area contributed by atoms with E-state index in [1.807, 2.05) is 0 Å². The molecule has 0 amide bonds. The summed E-state index contributed by atoms with van der Waals surface area (Å²) in [6.07, 6.45) is 0. The predicted molar refractivity (Wildman–Crippen MR) is 87.2 cm³/mol. The van der Waals surface area contributed by atoms with Crippen molar-refractivity contribution in [2.75, 3.05) is 7.11 Å². The topological polar surface area (TPSA) is 69.7 Å². The summed E-state index contributed by atoms with van der Waals surface area (Å²) >= 11 is 5.94. The van der Waals surface area contributed by atoms with Gasteiger partial charge in [-0.25, -0.2) is 4.79 Å². The van der Waals surface area contributed by atoms with Gasteiger partial charge in [-0.05, 0) is 42.3 Å². The Balaban J connectivity index is 2.21. The van der Waals surface area contributed by atoms with Crippen LogP contribution in [0.15, 0.2) is 42.5 Å². The number of halogens is 1. The normalized spacial score (nSPS) is 11.1. The summed E-state index contributed by atoms with van der Waals surface area (Å²) in [6.45, 7) is 1.80. The number of esters is 1. The number of hydrogen-bond acceptors (Lipinski definition) is 5. The molecular formula is C16H15ClO5S. The summed E-state index contributed by atoms with van der Waals surface area (Å²) in [7, 11) is -2.65. The van der Waals surface area contributed by atoms with Crippen molar-refractivity contribution in [3.8, 4) is 5.75 Å². The van der Waals surface area contributed by atoms with Gasteiger partial charge >= 0.3 is 16.1 Å². The van der Waals surface area contributed by atoms with Gasteiger partial charge in [-0.1, -0.05) is 29.8 Å². The summed E-state index contributed by atoms with van der Waals surface area (Å²) < 4.78 is 34.1. The summed E-state index contributed by atoms with van der Waals surface area (Å²) in [5.74, 6) is -0.843. The van der Waals surface area contributed by atoms with Crippen LogP contribution < -0.4 is 4.18 Å². The van der Waals surface area contributed by atoms with Crippen LogP contribution in [0, 0.1) is 6.92 Å². The molecule has 0 aliphatic carbocycles. The molecule has 122 valence electrons. The molecule has 0 aliphatic rings. The number of aryl methyl sites for hydroxylation is 1. The molecule has 0 unspecified atom stereocenters. The number of hydrogen-bond donors (Lipinski definition) is 0. The summed E-state index contributed by atoms with van der Waals surface area (Å²) in [4.78, 5) is 11.5.